The van der Waals surface area contributed by atoms with Crippen molar-refractivity contribution in [2.24, 2.45) is 0 Å². The zero-order valence-corrected chi connectivity index (χ0v) is 30.9. The first-order chi connectivity index (χ1) is 27.0. The van der Waals surface area contributed by atoms with Gasteiger partial charge in [0, 0.05) is 44.3 Å². The van der Waals surface area contributed by atoms with Gasteiger partial charge in [0.15, 0.2) is 0 Å². The Morgan fingerprint density at radius 3 is 1.91 bits per heavy atom. The number of nitrogens with zero attached hydrogens (tertiary/aromatic N) is 2. The van der Waals surface area contributed by atoms with Crippen LogP contribution in [0.3, 0.4) is 0 Å². The Hall–Kier alpha value is -6.90. The summed E-state index contributed by atoms with van der Waals surface area (Å²) in [5, 5.41) is 7.42. The van der Waals surface area contributed by atoms with E-state index in [-0.39, 0.29) is 5.41 Å². The zero-order valence-electron chi connectivity index (χ0n) is 30.9. The molecule has 260 valence electrons. The van der Waals surface area contributed by atoms with Crippen molar-refractivity contribution >= 4 is 60.4 Å². The molecule has 2 heteroatoms. The molecule has 0 radical (unpaired) electrons. The molecule has 0 amide bonds. The minimum Gasteiger partial charge on any atom is -0.310 e. The summed E-state index contributed by atoms with van der Waals surface area (Å²) < 4.78 is 2.50. The molecule has 1 aliphatic carbocycles. The van der Waals surface area contributed by atoms with Crippen LogP contribution in [0.25, 0.3) is 71.3 Å². The van der Waals surface area contributed by atoms with Crippen LogP contribution in [0.4, 0.5) is 17.1 Å². The summed E-state index contributed by atoms with van der Waals surface area (Å²) >= 11 is 0. The van der Waals surface area contributed by atoms with Crippen LogP contribution in [0.1, 0.15) is 25.0 Å². The lowest BCUT2D eigenvalue weighted by Crippen LogP contribution is -2.16. The number of anilines is 3. The van der Waals surface area contributed by atoms with Crippen molar-refractivity contribution in [3.63, 3.8) is 0 Å². The van der Waals surface area contributed by atoms with E-state index in [0.29, 0.717) is 0 Å². The van der Waals surface area contributed by atoms with Crippen molar-refractivity contribution in [2.75, 3.05) is 4.90 Å². The maximum absolute atomic E-state index is 2.50. The fourth-order valence-corrected chi connectivity index (χ4v) is 9.30. The highest BCUT2D eigenvalue weighted by atomic mass is 15.1. The first kappa shape index (κ1) is 31.6. The fraction of sp³-hybridized carbons (Fsp3) is 0.0566. The second-order valence-electron chi connectivity index (χ2n) is 15.4. The van der Waals surface area contributed by atoms with Gasteiger partial charge in [0.2, 0.25) is 0 Å². The van der Waals surface area contributed by atoms with Crippen LogP contribution in [-0.2, 0) is 5.41 Å². The van der Waals surface area contributed by atoms with E-state index in [1.54, 1.807) is 0 Å². The Balaban J connectivity index is 1.22. The first-order valence-corrected chi connectivity index (χ1v) is 19.2. The van der Waals surface area contributed by atoms with Gasteiger partial charge in [0.1, 0.15) is 0 Å². The topological polar surface area (TPSA) is 8.17 Å². The number of aromatic nitrogens is 1. The number of rotatable bonds is 5. The summed E-state index contributed by atoms with van der Waals surface area (Å²) in [6, 6.07) is 71.5. The van der Waals surface area contributed by atoms with Gasteiger partial charge in [-0.25, -0.2) is 0 Å². The van der Waals surface area contributed by atoms with Crippen LogP contribution < -0.4 is 4.90 Å². The van der Waals surface area contributed by atoms with Crippen LogP contribution in [-0.4, -0.2) is 4.57 Å². The third-order valence-electron chi connectivity index (χ3n) is 11.9. The van der Waals surface area contributed by atoms with Gasteiger partial charge < -0.3 is 9.47 Å². The maximum Gasteiger partial charge on any atom is 0.0625 e. The van der Waals surface area contributed by atoms with E-state index < -0.39 is 0 Å². The number of fused-ring (bicyclic) bond motifs is 9. The molecular formula is C53H38N2. The van der Waals surface area contributed by atoms with Crippen molar-refractivity contribution in [3.8, 4) is 27.9 Å². The number of hydrogen-bond acceptors (Lipinski definition) is 1. The summed E-state index contributed by atoms with van der Waals surface area (Å²) in [7, 11) is 0. The van der Waals surface area contributed by atoms with Gasteiger partial charge >= 0.3 is 0 Å². The van der Waals surface area contributed by atoms with Crippen molar-refractivity contribution in [2.45, 2.75) is 19.3 Å². The summed E-state index contributed by atoms with van der Waals surface area (Å²) in [5.74, 6) is 0. The largest absolute Gasteiger partial charge is 0.310 e. The predicted octanol–water partition coefficient (Wildman–Crippen LogP) is 14.5. The molecule has 1 aromatic heterocycles. The molecule has 0 aliphatic heterocycles. The monoisotopic (exact) mass is 702 g/mol. The molecule has 0 N–H and O–H groups in total. The summed E-state index contributed by atoms with van der Waals surface area (Å²) in [6.45, 7) is 4.72. The lowest BCUT2D eigenvalue weighted by molar-refractivity contribution is 0.660. The zero-order chi connectivity index (χ0) is 36.7. The Kier molecular flexibility index (Phi) is 6.93. The molecule has 0 saturated carbocycles. The molecule has 0 saturated heterocycles. The molecule has 0 atom stereocenters. The summed E-state index contributed by atoms with van der Waals surface area (Å²) in [6.07, 6.45) is 0. The molecule has 0 fully saturated rings. The fourth-order valence-electron chi connectivity index (χ4n) is 9.30. The molecule has 2 nitrogen and oxygen atoms in total. The average Bonchev–Trinajstić information content (AvgIpc) is 3.70. The molecule has 0 spiro atoms. The van der Waals surface area contributed by atoms with E-state index >= 15 is 0 Å². The molecule has 0 bridgehead atoms. The third kappa shape index (κ3) is 4.81. The highest BCUT2D eigenvalue weighted by molar-refractivity contribution is 6.24. The highest BCUT2D eigenvalue weighted by Gasteiger charge is 2.35. The van der Waals surface area contributed by atoms with Gasteiger partial charge in [-0.05, 0) is 110 Å². The molecule has 1 aliphatic rings. The Morgan fingerprint density at radius 1 is 0.418 bits per heavy atom. The molecule has 11 rings (SSSR count). The third-order valence-corrected chi connectivity index (χ3v) is 11.9. The normalized spacial score (nSPS) is 13.1. The van der Waals surface area contributed by atoms with E-state index in [4.69, 9.17) is 0 Å². The van der Waals surface area contributed by atoms with Crippen LogP contribution in [0.2, 0.25) is 0 Å². The molecule has 10 aromatic rings. The lowest BCUT2D eigenvalue weighted by atomic mass is 9.82. The quantitative estimate of drug-likeness (QED) is 0.173. The Labute approximate surface area is 321 Å². The van der Waals surface area contributed by atoms with E-state index in [0.717, 1.165) is 22.7 Å². The summed E-state index contributed by atoms with van der Waals surface area (Å²) in [5.41, 5.74) is 14.7. The number of benzene rings is 9. The minimum atomic E-state index is -0.104. The molecule has 0 unspecified atom stereocenters. The molecular weight excluding hydrogens is 665 g/mol. The molecule has 9 aromatic carbocycles. The van der Waals surface area contributed by atoms with E-state index in [2.05, 4.69) is 217 Å². The van der Waals surface area contributed by atoms with Crippen molar-refractivity contribution < 1.29 is 0 Å². The standard InChI is InChI=1S/C53H38N2/c1-53(2)48-24-14-13-23-44(48)45-29-27-42(34-49(45)53)54(39-20-7-4-8-21-39)41-28-30-50-47(33-41)51-46(36-16-5-3-6-17-36)32-38-19-11-12-22-43(38)52(51)55(50)40-26-25-35-15-9-10-18-37(35)31-40/h3-34H,1-2H3. The van der Waals surface area contributed by atoms with Crippen LogP contribution in [0.5, 0.6) is 0 Å². The van der Waals surface area contributed by atoms with Crippen LogP contribution >= 0.6 is 0 Å². The number of hydrogen-bond donors (Lipinski definition) is 0. The van der Waals surface area contributed by atoms with Crippen LogP contribution in [0.15, 0.2) is 194 Å². The lowest BCUT2D eigenvalue weighted by Gasteiger charge is -2.28. The maximum atomic E-state index is 2.50. The van der Waals surface area contributed by atoms with Crippen molar-refractivity contribution in [1.29, 1.82) is 0 Å². The van der Waals surface area contributed by atoms with E-state index in [1.807, 2.05) is 0 Å². The van der Waals surface area contributed by atoms with Gasteiger partial charge in [0.05, 0.1) is 11.0 Å². The molecule has 1 heterocycles. The van der Waals surface area contributed by atoms with Gasteiger partial charge in [-0.15, -0.1) is 0 Å². The van der Waals surface area contributed by atoms with Gasteiger partial charge in [-0.1, -0.05) is 147 Å². The van der Waals surface area contributed by atoms with E-state index in [1.165, 1.54) is 76.7 Å². The average molecular weight is 703 g/mol. The molecule has 55 heavy (non-hydrogen) atoms. The minimum absolute atomic E-state index is 0.104. The van der Waals surface area contributed by atoms with Crippen molar-refractivity contribution in [1.82, 2.24) is 4.57 Å². The first-order valence-electron chi connectivity index (χ1n) is 19.2. The van der Waals surface area contributed by atoms with Crippen molar-refractivity contribution in [3.05, 3.63) is 205 Å². The second-order valence-corrected chi connectivity index (χ2v) is 15.4. The predicted molar refractivity (Wildman–Crippen MR) is 233 cm³/mol. The summed E-state index contributed by atoms with van der Waals surface area (Å²) in [4.78, 5) is 2.43. The van der Waals surface area contributed by atoms with Gasteiger partial charge in [-0.3, -0.25) is 0 Å². The smallest absolute Gasteiger partial charge is 0.0625 e. The highest BCUT2D eigenvalue weighted by Crippen LogP contribution is 2.51. The Morgan fingerprint density at radius 2 is 1.07 bits per heavy atom. The number of para-hydroxylation sites is 1. The van der Waals surface area contributed by atoms with Crippen LogP contribution in [0, 0.1) is 0 Å². The van der Waals surface area contributed by atoms with Gasteiger partial charge in [0.25, 0.3) is 0 Å². The Bertz CT molecular complexity index is 3120. The SMILES string of the molecule is CC1(C)c2ccccc2-c2ccc(N(c3ccccc3)c3ccc4c(c3)c3c(-c5ccccc5)cc5ccccc5c3n4-c3ccc4ccccc4c3)cc21. The second kappa shape index (κ2) is 12.1. The van der Waals surface area contributed by atoms with E-state index in [9.17, 15) is 0 Å². The van der Waals surface area contributed by atoms with Gasteiger partial charge in [-0.2, -0.15) is 0 Å².